The fourth-order valence-electron chi connectivity index (χ4n) is 1.65. The summed E-state index contributed by atoms with van der Waals surface area (Å²) in [5, 5.41) is 9.74. The number of ether oxygens (including phenoxy) is 1. The molecule has 0 bridgehead atoms. The first-order valence-electron chi connectivity index (χ1n) is 4.80. The van der Waals surface area contributed by atoms with Gasteiger partial charge >= 0.3 is 0 Å². The highest BCUT2D eigenvalue weighted by atomic mass is 16.5. The molecule has 16 heavy (non-hydrogen) atoms. The number of hydrogen-bond donors (Lipinski definition) is 1. The number of nitrogens with two attached hydrogens (primary N) is 1. The predicted octanol–water partition coefficient (Wildman–Crippen LogP) is 2.01. The van der Waals surface area contributed by atoms with Crippen molar-refractivity contribution < 1.29 is 4.74 Å². The predicted molar refractivity (Wildman–Crippen MR) is 62.2 cm³/mol. The molecular weight excluding hydrogens is 202 g/mol. The van der Waals surface area contributed by atoms with Gasteiger partial charge in [-0.3, -0.25) is 0 Å². The van der Waals surface area contributed by atoms with Crippen LogP contribution in [0.3, 0.4) is 0 Å². The second-order valence-corrected chi connectivity index (χ2v) is 3.55. The van der Waals surface area contributed by atoms with Gasteiger partial charge in [-0.15, -0.1) is 0 Å². The fourth-order valence-corrected chi connectivity index (χ4v) is 1.65. The number of nitrogens with zero attached hydrogens (tertiary/aromatic N) is 2. The van der Waals surface area contributed by atoms with E-state index in [1.165, 1.54) is 0 Å². The molecule has 0 unspecified atom stereocenters. The first kappa shape index (κ1) is 10.2. The molecule has 4 heteroatoms. The number of hydrogen-bond acceptors (Lipinski definition) is 4. The van der Waals surface area contributed by atoms with Crippen LogP contribution in [-0.4, -0.2) is 12.1 Å². The van der Waals surface area contributed by atoms with Gasteiger partial charge in [0.1, 0.15) is 17.6 Å². The minimum absolute atomic E-state index is 0.267. The zero-order chi connectivity index (χ0) is 11.7. The van der Waals surface area contributed by atoms with Gasteiger partial charge in [0.05, 0.1) is 18.2 Å². The molecule has 0 aliphatic carbocycles. The Hall–Kier alpha value is -2.28. The maximum atomic E-state index is 8.87. The zero-order valence-corrected chi connectivity index (χ0v) is 9.11. The molecule has 2 N–H and O–H groups in total. The molecule has 2 aromatic rings. The standard InChI is InChI=1S/C12H11N3O/c1-7-3-10(16-2)5-8-4-9(6-13)12(14)15-11(7)8/h3-5H,1-2H3,(H2,14,15). The normalized spacial score (nSPS) is 10.1. The second-order valence-electron chi connectivity index (χ2n) is 3.55. The lowest BCUT2D eigenvalue weighted by Crippen LogP contribution is -1.97. The van der Waals surface area contributed by atoms with Gasteiger partial charge in [-0.1, -0.05) is 0 Å². The Morgan fingerprint density at radius 1 is 1.38 bits per heavy atom. The molecule has 80 valence electrons. The summed E-state index contributed by atoms with van der Waals surface area (Å²) in [5.41, 5.74) is 7.84. The number of aryl methyl sites for hydroxylation is 1. The minimum Gasteiger partial charge on any atom is -0.497 e. The second kappa shape index (κ2) is 3.70. The molecule has 0 aliphatic rings. The molecule has 2 rings (SSSR count). The number of anilines is 1. The number of pyridine rings is 1. The van der Waals surface area contributed by atoms with Gasteiger partial charge in [0, 0.05) is 5.39 Å². The van der Waals surface area contributed by atoms with E-state index in [1.807, 2.05) is 25.1 Å². The van der Waals surface area contributed by atoms with Crippen LogP contribution < -0.4 is 10.5 Å². The molecule has 0 fully saturated rings. The van der Waals surface area contributed by atoms with E-state index in [0.717, 1.165) is 22.2 Å². The summed E-state index contributed by atoms with van der Waals surface area (Å²) in [5.74, 6) is 1.02. The van der Waals surface area contributed by atoms with E-state index in [1.54, 1.807) is 13.2 Å². The summed E-state index contributed by atoms with van der Waals surface area (Å²) in [7, 11) is 1.61. The summed E-state index contributed by atoms with van der Waals surface area (Å²) in [6, 6.07) is 7.48. The molecule has 0 spiro atoms. The van der Waals surface area contributed by atoms with Crippen molar-refractivity contribution in [2.75, 3.05) is 12.8 Å². The Bertz CT molecular complexity index is 599. The number of fused-ring (bicyclic) bond motifs is 1. The molecule has 4 nitrogen and oxygen atoms in total. The van der Waals surface area contributed by atoms with Crippen molar-refractivity contribution in [3.63, 3.8) is 0 Å². The summed E-state index contributed by atoms with van der Waals surface area (Å²) < 4.78 is 5.16. The molecule has 0 radical (unpaired) electrons. The molecule has 0 amide bonds. The van der Waals surface area contributed by atoms with Gasteiger partial charge in [-0.2, -0.15) is 5.26 Å². The van der Waals surface area contributed by atoms with Crippen LogP contribution in [-0.2, 0) is 0 Å². The average Bonchev–Trinajstić information content (AvgIpc) is 2.29. The highest BCUT2D eigenvalue weighted by Gasteiger charge is 2.07. The van der Waals surface area contributed by atoms with E-state index < -0.39 is 0 Å². The van der Waals surface area contributed by atoms with Crippen molar-refractivity contribution in [3.8, 4) is 11.8 Å². The third kappa shape index (κ3) is 1.52. The van der Waals surface area contributed by atoms with Crippen LogP contribution in [0.25, 0.3) is 10.9 Å². The number of nitriles is 1. The minimum atomic E-state index is 0.267. The Morgan fingerprint density at radius 2 is 2.12 bits per heavy atom. The van der Waals surface area contributed by atoms with Crippen LogP contribution in [0.4, 0.5) is 5.82 Å². The first-order chi connectivity index (χ1) is 7.65. The Balaban J connectivity index is 2.82. The van der Waals surface area contributed by atoms with Gasteiger partial charge in [-0.05, 0) is 30.7 Å². The lowest BCUT2D eigenvalue weighted by Gasteiger charge is -2.07. The molecule has 1 heterocycles. The summed E-state index contributed by atoms with van der Waals surface area (Å²) in [6.45, 7) is 1.93. The quantitative estimate of drug-likeness (QED) is 0.786. The van der Waals surface area contributed by atoms with E-state index in [-0.39, 0.29) is 5.82 Å². The molecule has 0 saturated heterocycles. The summed E-state index contributed by atoms with van der Waals surface area (Å²) in [4.78, 5) is 4.22. The van der Waals surface area contributed by atoms with Crippen LogP contribution in [0.15, 0.2) is 18.2 Å². The van der Waals surface area contributed by atoms with Crippen molar-refractivity contribution in [3.05, 3.63) is 29.3 Å². The third-order valence-electron chi connectivity index (χ3n) is 2.47. The lowest BCUT2D eigenvalue weighted by atomic mass is 10.1. The number of nitrogen functional groups attached to an aromatic ring is 1. The Morgan fingerprint density at radius 3 is 2.75 bits per heavy atom. The van der Waals surface area contributed by atoms with Crippen LogP contribution in [0.1, 0.15) is 11.1 Å². The Kier molecular flexibility index (Phi) is 2.37. The van der Waals surface area contributed by atoms with Crippen molar-refractivity contribution in [2.24, 2.45) is 0 Å². The molecule has 1 aromatic heterocycles. The van der Waals surface area contributed by atoms with Crippen molar-refractivity contribution in [1.82, 2.24) is 4.98 Å². The number of aromatic nitrogens is 1. The zero-order valence-electron chi connectivity index (χ0n) is 9.11. The molecule has 0 aliphatic heterocycles. The van der Waals surface area contributed by atoms with Crippen LogP contribution in [0.2, 0.25) is 0 Å². The lowest BCUT2D eigenvalue weighted by molar-refractivity contribution is 0.415. The smallest absolute Gasteiger partial charge is 0.142 e. The highest BCUT2D eigenvalue weighted by molar-refractivity contribution is 5.86. The first-order valence-corrected chi connectivity index (χ1v) is 4.80. The van der Waals surface area contributed by atoms with Crippen molar-refractivity contribution in [2.45, 2.75) is 6.92 Å². The molecule has 0 atom stereocenters. The van der Waals surface area contributed by atoms with Gasteiger partial charge < -0.3 is 10.5 Å². The topological polar surface area (TPSA) is 71.9 Å². The van der Waals surface area contributed by atoms with Crippen LogP contribution in [0, 0.1) is 18.3 Å². The highest BCUT2D eigenvalue weighted by Crippen LogP contribution is 2.25. The van der Waals surface area contributed by atoms with Crippen LogP contribution in [0.5, 0.6) is 5.75 Å². The fraction of sp³-hybridized carbons (Fsp3) is 0.167. The van der Waals surface area contributed by atoms with Crippen molar-refractivity contribution >= 4 is 16.7 Å². The van der Waals surface area contributed by atoms with E-state index in [2.05, 4.69) is 4.98 Å². The number of methoxy groups -OCH3 is 1. The molecular formula is C12H11N3O. The summed E-state index contributed by atoms with van der Waals surface area (Å²) in [6.07, 6.45) is 0. The SMILES string of the molecule is COc1cc(C)c2nc(N)c(C#N)cc2c1. The van der Waals surface area contributed by atoms with Gasteiger partial charge in [-0.25, -0.2) is 4.98 Å². The van der Waals surface area contributed by atoms with Gasteiger partial charge in [0.2, 0.25) is 0 Å². The molecule has 1 aromatic carbocycles. The average molecular weight is 213 g/mol. The third-order valence-corrected chi connectivity index (χ3v) is 2.47. The maximum Gasteiger partial charge on any atom is 0.142 e. The number of benzene rings is 1. The largest absolute Gasteiger partial charge is 0.497 e. The maximum absolute atomic E-state index is 8.87. The van der Waals surface area contributed by atoms with E-state index in [0.29, 0.717) is 5.56 Å². The summed E-state index contributed by atoms with van der Waals surface area (Å²) >= 11 is 0. The number of rotatable bonds is 1. The van der Waals surface area contributed by atoms with E-state index >= 15 is 0 Å². The Labute approximate surface area is 93.3 Å². The molecule has 0 saturated carbocycles. The van der Waals surface area contributed by atoms with E-state index in [4.69, 9.17) is 15.7 Å². The van der Waals surface area contributed by atoms with Gasteiger partial charge in [0.25, 0.3) is 0 Å². The van der Waals surface area contributed by atoms with Crippen molar-refractivity contribution in [1.29, 1.82) is 5.26 Å². The van der Waals surface area contributed by atoms with Crippen LogP contribution >= 0.6 is 0 Å². The van der Waals surface area contributed by atoms with Gasteiger partial charge in [0.15, 0.2) is 0 Å². The monoisotopic (exact) mass is 213 g/mol. The van der Waals surface area contributed by atoms with E-state index in [9.17, 15) is 0 Å².